The zero-order valence-corrected chi connectivity index (χ0v) is 22.3. The third-order valence-electron chi connectivity index (χ3n) is 8.00. The standard InChI is InChI=1S/C30H30O6Si/c1-29(2,3)35-27(33)18-7-10-21-24(15-18)30(36-28(21)34)22-11-8-19(31)16-25(22)37(13-5-4-6-14-37)26-17-20(32)9-12-23(26)30/h7-12,15-17,31-32H,4-6,13-14H2,1-3H3. The van der Waals surface area contributed by atoms with Gasteiger partial charge in [0.05, 0.1) is 11.1 Å². The third-order valence-corrected chi connectivity index (χ3v) is 13.3. The van der Waals surface area contributed by atoms with Crippen molar-refractivity contribution in [1.29, 1.82) is 0 Å². The summed E-state index contributed by atoms with van der Waals surface area (Å²) in [7, 11) is -2.38. The molecule has 0 aromatic heterocycles. The van der Waals surface area contributed by atoms with Crippen LogP contribution < -0.4 is 10.4 Å². The Morgan fingerprint density at radius 1 is 0.865 bits per heavy atom. The van der Waals surface area contributed by atoms with Gasteiger partial charge in [0.15, 0.2) is 5.60 Å². The topological polar surface area (TPSA) is 93.1 Å². The van der Waals surface area contributed by atoms with Crippen molar-refractivity contribution in [2.24, 2.45) is 0 Å². The van der Waals surface area contributed by atoms with Gasteiger partial charge in [-0.1, -0.05) is 31.4 Å². The van der Waals surface area contributed by atoms with Crippen molar-refractivity contribution in [3.8, 4) is 11.5 Å². The average Bonchev–Trinajstić information content (AvgIpc) is 3.15. The van der Waals surface area contributed by atoms with Crippen LogP contribution in [0.2, 0.25) is 12.1 Å². The number of ether oxygens (including phenoxy) is 2. The lowest BCUT2D eigenvalue weighted by Crippen LogP contribution is -2.67. The molecule has 0 bridgehead atoms. The highest BCUT2D eigenvalue weighted by molar-refractivity contribution is 7.03. The second-order valence-corrected chi connectivity index (χ2v) is 15.7. The van der Waals surface area contributed by atoms with Crippen LogP contribution in [0.25, 0.3) is 0 Å². The minimum Gasteiger partial charge on any atom is -0.508 e. The second-order valence-electron chi connectivity index (χ2n) is 11.4. The van der Waals surface area contributed by atoms with Gasteiger partial charge in [0, 0.05) is 16.7 Å². The summed E-state index contributed by atoms with van der Waals surface area (Å²) in [5.41, 5.74) is 1.04. The van der Waals surface area contributed by atoms with Crippen molar-refractivity contribution >= 4 is 30.4 Å². The van der Waals surface area contributed by atoms with Gasteiger partial charge in [-0.25, -0.2) is 9.59 Å². The number of carbonyl (C=O) groups excluding carboxylic acids is 2. The number of hydrogen-bond donors (Lipinski definition) is 2. The summed E-state index contributed by atoms with van der Waals surface area (Å²) in [5.74, 6) is -0.607. The molecule has 0 atom stereocenters. The van der Waals surface area contributed by atoms with Gasteiger partial charge in [-0.2, -0.15) is 0 Å². The normalized spacial score (nSPS) is 18.6. The number of carbonyl (C=O) groups is 2. The predicted molar refractivity (Wildman–Crippen MR) is 142 cm³/mol. The number of fused-ring (bicyclic) bond motifs is 8. The molecule has 0 unspecified atom stereocenters. The summed E-state index contributed by atoms with van der Waals surface area (Å²) >= 11 is 0. The Kier molecular flexibility index (Phi) is 5.12. The molecular weight excluding hydrogens is 484 g/mol. The molecular formula is C30H30O6Si. The molecule has 1 saturated heterocycles. The quantitative estimate of drug-likeness (QED) is 0.365. The van der Waals surface area contributed by atoms with E-state index in [1.54, 1.807) is 30.3 Å². The average molecular weight is 515 g/mol. The lowest BCUT2D eigenvalue weighted by atomic mass is 9.78. The van der Waals surface area contributed by atoms with E-state index in [0.717, 1.165) is 52.9 Å². The zero-order valence-electron chi connectivity index (χ0n) is 21.3. The molecule has 2 N–H and O–H groups in total. The van der Waals surface area contributed by atoms with Crippen LogP contribution >= 0.6 is 0 Å². The van der Waals surface area contributed by atoms with Crippen molar-refractivity contribution < 1.29 is 29.3 Å². The van der Waals surface area contributed by atoms with E-state index < -0.39 is 31.2 Å². The number of aromatic hydroxyl groups is 2. The van der Waals surface area contributed by atoms with Crippen molar-refractivity contribution in [2.75, 3.05) is 0 Å². The predicted octanol–water partition coefficient (Wildman–Crippen LogP) is 4.58. The molecule has 0 aliphatic carbocycles. The van der Waals surface area contributed by atoms with E-state index in [1.165, 1.54) is 0 Å². The second kappa shape index (κ2) is 7.96. The Morgan fingerprint density at radius 2 is 1.46 bits per heavy atom. The molecule has 0 amide bonds. The van der Waals surface area contributed by atoms with Gasteiger partial charge >= 0.3 is 11.9 Å². The van der Waals surface area contributed by atoms with Crippen molar-refractivity contribution in [2.45, 2.75) is 63.3 Å². The molecule has 0 radical (unpaired) electrons. The van der Waals surface area contributed by atoms with E-state index in [4.69, 9.17) is 9.47 Å². The van der Waals surface area contributed by atoms with Crippen molar-refractivity contribution in [3.05, 3.63) is 82.4 Å². The van der Waals surface area contributed by atoms with Crippen LogP contribution in [0.15, 0.2) is 54.6 Å². The molecule has 3 aromatic rings. The molecule has 37 heavy (non-hydrogen) atoms. The number of benzene rings is 3. The lowest BCUT2D eigenvalue weighted by molar-refractivity contribution is 0.00692. The van der Waals surface area contributed by atoms with Crippen LogP contribution in [0.3, 0.4) is 0 Å². The number of phenolic OH excluding ortho intramolecular Hbond substituents is 2. The first-order chi connectivity index (χ1) is 17.5. The third kappa shape index (κ3) is 3.44. The molecule has 3 aliphatic heterocycles. The summed E-state index contributed by atoms with van der Waals surface area (Å²) in [6, 6.07) is 17.6. The fourth-order valence-corrected chi connectivity index (χ4v) is 12.3. The Balaban J connectivity index is 1.66. The molecule has 3 heterocycles. The van der Waals surface area contributed by atoms with Gasteiger partial charge in [-0.05, 0) is 85.7 Å². The summed E-state index contributed by atoms with van der Waals surface area (Å²) in [5, 5.41) is 23.3. The highest BCUT2D eigenvalue weighted by Gasteiger charge is 2.58. The largest absolute Gasteiger partial charge is 0.508 e. The maximum absolute atomic E-state index is 13.3. The number of esters is 2. The van der Waals surface area contributed by atoms with Crippen molar-refractivity contribution in [1.82, 2.24) is 0 Å². The van der Waals surface area contributed by atoms with Gasteiger partial charge in [0.1, 0.15) is 25.2 Å². The van der Waals surface area contributed by atoms with E-state index in [-0.39, 0.29) is 11.5 Å². The first kappa shape index (κ1) is 23.8. The van der Waals surface area contributed by atoms with Crippen LogP contribution in [0.5, 0.6) is 11.5 Å². The molecule has 0 saturated carbocycles. The molecule has 6 rings (SSSR count). The molecule has 190 valence electrons. The van der Waals surface area contributed by atoms with Gasteiger partial charge in [0.25, 0.3) is 0 Å². The number of phenols is 2. The van der Waals surface area contributed by atoms with E-state index in [2.05, 4.69) is 0 Å². The molecule has 1 fully saturated rings. The van der Waals surface area contributed by atoms with Gasteiger partial charge in [0.2, 0.25) is 0 Å². The van der Waals surface area contributed by atoms with E-state index in [1.807, 2.05) is 45.0 Å². The van der Waals surface area contributed by atoms with Crippen molar-refractivity contribution in [3.63, 3.8) is 0 Å². The Bertz CT molecular complexity index is 1410. The molecule has 2 spiro atoms. The fraction of sp³-hybridized carbons (Fsp3) is 0.333. The summed E-state index contributed by atoms with van der Waals surface area (Å²) in [4.78, 5) is 26.4. The summed E-state index contributed by atoms with van der Waals surface area (Å²) in [6.45, 7) is 5.44. The Hall–Kier alpha value is -3.58. The smallest absolute Gasteiger partial charge is 0.340 e. The molecule has 6 nitrogen and oxygen atoms in total. The number of hydrogen-bond acceptors (Lipinski definition) is 6. The maximum atomic E-state index is 13.3. The SMILES string of the molecule is CC(C)(C)OC(=O)c1ccc2c(c1)C1(OC2=O)c2ccc(O)cc2[Si]2(CCCCC2)c2cc(O)ccc21. The lowest BCUT2D eigenvalue weighted by Gasteiger charge is -2.48. The maximum Gasteiger partial charge on any atom is 0.340 e. The number of rotatable bonds is 1. The first-order valence-corrected chi connectivity index (χ1v) is 15.3. The zero-order chi connectivity index (χ0) is 26.2. The highest BCUT2D eigenvalue weighted by atomic mass is 28.3. The van der Waals surface area contributed by atoms with Crippen LogP contribution in [0.1, 0.15) is 77.4 Å². The Labute approximate surface area is 216 Å². The summed E-state index contributed by atoms with van der Waals surface area (Å²) in [6.07, 6.45) is 3.30. The van der Waals surface area contributed by atoms with Gasteiger partial charge < -0.3 is 19.7 Å². The van der Waals surface area contributed by atoms with E-state index in [0.29, 0.717) is 16.7 Å². The van der Waals surface area contributed by atoms with Gasteiger partial charge in [-0.15, -0.1) is 0 Å². The van der Waals surface area contributed by atoms with Crippen LogP contribution in [0, 0.1) is 0 Å². The molecule has 3 aromatic carbocycles. The minimum absolute atomic E-state index is 0.169. The van der Waals surface area contributed by atoms with Crippen LogP contribution in [0.4, 0.5) is 0 Å². The first-order valence-electron chi connectivity index (χ1n) is 12.8. The van der Waals surface area contributed by atoms with Crippen LogP contribution in [-0.2, 0) is 15.1 Å². The van der Waals surface area contributed by atoms with E-state index in [9.17, 15) is 19.8 Å². The summed E-state index contributed by atoms with van der Waals surface area (Å²) < 4.78 is 12.0. The monoisotopic (exact) mass is 514 g/mol. The van der Waals surface area contributed by atoms with Crippen LogP contribution in [-0.4, -0.2) is 35.8 Å². The molecule has 7 heteroatoms. The minimum atomic E-state index is -2.38. The fourth-order valence-electron chi connectivity index (χ4n) is 6.58. The van der Waals surface area contributed by atoms with E-state index >= 15 is 0 Å². The Morgan fingerprint density at radius 3 is 2.03 bits per heavy atom. The van der Waals surface area contributed by atoms with Gasteiger partial charge in [-0.3, -0.25) is 0 Å². The highest BCUT2D eigenvalue weighted by Crippen LogP contribution is 2.51. The molecule has 3 aliphatic rings.